The number of aromatic nitrogens is 2. The molecule has 7 nitrogen and oxygen atoms in total. The van der Waals surface area contributed by atoms with Gasteiger partial charge in [-0.3, -0.25) is 9.59 Å². The molecule has 2 N–H and O–H groups in total. The number of piperidine rings is 1. The number of fused-ring (bicyclic) bond motifs is 1. The number of hydrogen-bond acceptors (Lipinski definition) is 7. The van der Waals surface area contributed by atoms with Gasteiger partial charge in [0.1, 0.15) is 16.2 Å². The number of primary amides is 1. The van der Waals surface area contributed by atoms with Crippen LogP contribution >= 0.6 is 23.1 Å². The minimum absolute atomic E-state index is 0.0899. The van der Waals surface area contributed by atoms with Crippen molar-refractivity contribution in [1.82, 2.24) is 14.9 Å². The minimum atomic E-state index is -0.283. The lowest BCUT2D eigenvalue weighted by Crippen LogP contribution is -2.41. The van der Waals surface area contributed by atoms with Crippen LogP contribution in [-0.2, 0) is 10.5 Å². The second kappa shape index (κ2) is 7.92. The lowest BCUT2D eigenvalue weighted by molar-refractivity contribution is -0.123. The fraction of sp³-hybridized carbons (Fsp3) is 0.368. The summed E-state index contributed by atoms with van der Waals surface area (Å²) < 4.78 is 5.77. The van der Waals surface area contributed by atoms with Crippen LogP contribution in [0.2, 0.25) is 0 Å². The quantitative estimate of drug-likeness (QED) is 0.641. The number of nitrogens with zero attached hydrogens (tertiary/aromatic N) is 3. The highest BCUT2D eigenvalue weighted by atomic mass is 32.2. The van der Waals surface area contributed by atoms with E-state index in [2.05, 4.69) is 9.97 Å². The molecule has 146 valence electrons. The molecule has 28 heavy (non-hydrogen) atoms. The molecule has 2 aromatic heterocycles. The number of para-hydroxylation sites is 1. The van der Waals surface area contributed by atoms with Crippen molar-refractivity contribution < 1.29 is 14.0 Å². The van der Waals surface area contributed by atoms with Gasteiger partial charge >= 0.3 is 0 Å². The number of thioether (sulfide) groups is 1. The first-order valence-electron chi connectivity index (χ1n) is 9.03. The largest absolute Gasteiger partial charge is 0.431 e. The van der Waals surface area contributed by atoms with Crippen LogP contribution in [0.25, 0.3) is 11.1 Å². The van der Waals surface area contributed by atoms with Gasteiger partial charge in [-0.15, -0.1) is 11.3 Å². The first-order chi connectivity index (χ1) is 13.5. The molecule has 0 bridgehead atoms. The number of carbonyl (C=O) groups is 2. The highest BCUT2D eigenvalue weighted by molar-refractivity contribution is 7.98. The van der Waals surface area contributed by atoms with Gasteiger partial charge in [0.05, 0.1) is 5.75 Å². The molecule has 1 aliphatic heterocycles. The summed E-state index contributed by atoms with van der Waals surface area (Å²) in [6.07, 6.45) is 1.23. The average Bonchev–Trinajstić information content (AvgIpc) is 3.33. The Bertz CT molecular complexity index is 1020. The predicted octanol–water partition coefficient (Wildman–Crippen LogP) is 3.22. The number of amides is 2. The first kappa shape index (κ1) is 18.9. The van der Waals surface area contributed by atoms with Gasteiger partial charge in [-0.25, -0.2) is 9.97 Å². The summed E-state index contributed by atoms with van der Waals surface area (Å²) in [5.41, 5.74) is 8.53. The Morgan fingerprint density at radius 2 is 2.11 bits per heavy atom. The van der Waals surface area contributed by atoms with Crippen molar-refractivity contribution in [3.05, 3.63) is 39.8 Å². The number of hydrogen-bond donors (Lipinski definition) is 1. The topological polar surface area (TPSA) is 102 Å². The van der Waals surface area contributed by atoms with E-state index in [0.29, 0.717) is 42.6 Å². The monoisotopic (exact) mass is 416 g/mol. The van der Waals surface area contributed by atoms with E-state index in [-0.39, 0.29) is 17.7 Å². The van der Waals surface area contributed by atoms with Crippen LogP contribution in [-0.4, -0.2) is 39.8 Å². The number of oxazole rings is 1. The molecule has 9 heteroatoms. The van der Waals surface area contributed by atoms with Crippen LogP contribution in [0.3, 0.4) is 0 Å². The van der Waals surface area contributed by atoms with Crippen molar-refractivity contribution in [2.75, 3.05) is 13.1 Å². The molecule has 1 fully saturated rings. The van der Waals surface area contributed by atoms with Crippen LogP contribution in [0.15, 0.2) is 33.2 Å². The molecule has 3 heterocycles. The Morgan fingerprint density at radius 1 is 1.32 bits per heavy atom. The van der Waals surface area contributed by atoms with Crippen LogP contribution < -0.4 is 5.73 Å². The maximum atomic E-state index is 12.6. The normalized spacial score (nSPS) is 15.2. The molecule has 4 rings (SSSR count). The highest BCUT2D eigenvalue weighted by Gasteiger charge is 2.27. The smallest absolute Gasteiger partial charge is 0.273 e. The summed E-state index contributed by atoms with van der Waals surface area (Å²) in [5.74, 6) is 0.0851. The average molecular weight is 417 g/mol. The highest BCUT2D eigenvalue weighted by Crippen LogP contribution is 2.29. The third-order valence-electron chi connectivity index (χ3n) is 4.88. The zero-order chi connectivity index (χ0) is 19.7. The van der Waals surface area contributed by atoms with Crippen molar-refractivity contribution in [3.8, 4) is 0 Å². The maximum absolute atomic E-state index is 12.6. The number of rotatable bonds is 5. The Morgan fingerprint density at radius 3 is 2.82 bits per heavy atom. The zero-order valence-electron chi connectivity index (χ0n) is 15.4. The van der Waals surface area contributed by atoms with Crippen molar-refractivity contribution in [3.63, 3.8) is 0 Å². The van der Waals surface area contributed by atoms with Crippen molar-refractivity contribution in [2.24, 2.45) is 11.7 Å². The van der Waals surface area contributed by atoms with Crippen molar-refractivity contribution in [1.29, 1.82) is 0 Å². The number of thiazole rings is 1. The molecule has 0 atom stereocenters. The summed E-state index contributed by atoms with van der Waals surface area (Å²) in [6, 6.07) is 5.85. The molecule has 1 aliphatic rings. The van der Waals surface area contributed by atoms with Gasteiger partial charge in [0.15, 0.2) is 5.58 Å². The van der Waals surface area contributed by atoms with Crippen LogP contribution in [0.1, 0.15) is 33.9 Å². The van der Waals surface area contributed by atoms with Crippen molar-refractivity contribution >= 4 is 46.0 Å². The molecule has 2 amide bonds. The Hall–Kier alpha value is -2.39. The Balaban J connectivity index is 1.37. The minimum Gasteiger partial charge on any atom is -0.431 e. The fourth-order valence-corrected chi connectivity index (χ4v) is 4.87. The molecule has 0 unspecified atom stereocenters. The Kier molecular flexibility index (Phi) is 5.36. The Labute approximate surface area is 170 Å². The first-order valence-corrected chi connectivity index (χ1v) is 10.9. The molecule has 0 aliphatic carbocycles. The van der Waals surface area contributed by atoms with Gasteiger partial charge < -0.3 is 15.1 Å². The molecule has 1 aromatic carbocycles. The van der Waals surface area contributed by atoms with E-state index in [4.69, 9.17) is 10.2 Å². The fourth-order valence-electron chi connectivity index (χ4n) is 3.26. The van der Waals surface area contributed by atoms with Gasteiger partial charge in [0.25, 0.3) is 11.1 Å². The zero-order valence-corrected chi connectivity index (χ0v) is 17.0. The van der Waals surface area contributed by atoms with Gasteiger partial charge in [0, 0.05) is 24.4 Å². The number of likely N-dealkylation sites (tertiary alicyclic amines) is 1. The second-order valence-electron chi connectivity index (χ2n) is 6.79. The van der Waals surface area contributed by atoms with E-state index in [1.165, 1.54) is 23.1 Å². The van der Waals surface area contributed by atoms with E-state index >= 15 is 0 Å². The van der Waals surface area contributed by atoms with Crippen LogP contribution in [0.4, 0.5) is 0 Å². The molecule has 0 saturated carbocycles. The SMILES string of the molecule is Cc1cccc2oc(SCc3nc(C(=O)N4CCC(C(N)=O)CC4)cs3)nc12. The van der Waals surface area contributed by atoms with E-state index in [9.17, 15) is 9.59 Å². The summed E-state index contributed by atoms with van der Waals surface area (Å²) in [7, 11) is 0. The van der Waals surface area contributed by atoms with E-state index in [1.807, 2.05) is 25.1 Å². The van der Waals surface area contributed by atoms with E-state index < -0.39 is 0 Å². The van der Waals surface area contributed by atoms with Crippen LogP contribution in [0, 0.1) is 12.8 Å². The van der Waals surface area contributed by atoms with Gasteiger partial charge in [-0.2, -0.15) is 0 Å². The predicted molar refractivity (Wildman–Crippen MR) is 108 cm³/mol. The second-order valence-corrected chi connectivity index (χ2v) is 8.65. The molecular weight excluding hydrogens is 396 g/mol. The number of nitrogens with two attached hydrogens (primary N) is 1. The van der Waals surface area contributed by atoms with Crippen molar-refractivity contribution in [2.45, 2.75) is 30.7 Å². The van der Waals surface area contributed by atoms with Gasteiger partial charge in [0.2, 0.25) is 5.91 Å². The summed E-state index contributed by atoms with van der Waals surface area (Å²) in [4.78, 5) is 34.6. The molecule has 0 spiro atoms. The molecule has 3 aromatic rings. The van der Waals surface area contributed by atoms with Gasteiger partial charge in [-0.1, -0.05) is 23.9 Å². The molecule has 0 radical (unpaired) electrons. The summed E-state index contributed by atoms with van der Waals surface area (Å²) >= 11 is 2.92. The molecule has 1 saturated heterocycles. The number of benzene rings is 1. The third-order valence-corrected chi connectivity index (χ3v) is 6.75. The lowest BCUT2D eigenvalue weighted by atomic mass is 9.96. The maximum Gasteiger partial charge on any atom is 0.273 e. The number of aryl methyl sites for hydroxylation is 1. The van der Waals surface area contributed by atoms with Crippen LogP contribution in [0.5, 0.6) is 0 Å². The van der Waals surface area contributed by atoms with E-state index in [1.54, 1.807) is 10.3 Å². The van der Waals surface area contributed by atoms with E-state index in [0.717, 1.165) is 21.7 Å². The van der Waals surface area contributed by atoms with Gasteiger partial charge in [-0.05, 0) is 31.4 Å². The lowest BCUT2D eigenvalue weighted by Gasteiger charge is -2.30. The summed E-state index contributed by atoms with van der Waals surface area (Å²) in [6.45, 7) is 3.08. The summed E-state index contributed by atoms with van der Waals surface area (Å²) in [5, 5.41) is 3.23. The molecular formula is C19H20N4O3S2. The number of carbonyl (C=O) groups excluding carboxylic acids is 2. The standard InChI is InChI=1S/C19H20N4O3S2/c1-11-3-2-4-14-16(11)22-19(26-14)28-10-15-21-13(9-27-15)18(25)23-7-5-12(6-8-23)17(20)24/h2-4,9,12H,5-8,10H2,1H3,(H2,20,24). The third kappa shape index (κ3) is 3.90.